The number of ether oxygens (including phenoxy) is 2. The predicted octanol–water partition coefficient (Wildman–Crippen LogP) is 4.01. The van der Waals surface area contributed by atoms with E-state index in [4.69, 9.17) is 26.2 Å². The van der Waals surface area contributed by atoms with Gasteiger partial charge in [0.1, 0.15) is 12.7 Å². The molecule has 1 N–H and O–H groups in total. The average molecular weight is 404 g/mol. The van der Waals surface area contributed by atoms with Gasteiger partial charge in [0.15, 0.2) is 0 Å². The molecule has 150 valence electrons. The molecule has 6 heteroatoms. The summed E-state index contributed by atoms with van der Waals surface area (Å²) in [6.45, 7) is 2.79. The van der Waals surface area contributed by atoms with Gasteiger partial charge in [-0.05, 0) is 36.1 Å². The molecule has 0 aromatic heterocycles. The zero-order valence-electron chi connectivity index (χ0n) is 15.8. The number of hydrogen-bond donors (Lipinski definition) is 1. The summed E-state index contributed by atoms with van der Waals surface area (Å²) in [6, 6.07) is 18.1. The van der Waals surface area contributed by atoms with Crippen molar-refractivity contribution in [1.82, 2.24) is 4.90 Å². The number of piperidine rings is 1. The van der Waals surface area contributed by atoms with Gasteiger partial charge >= 0.3 is 5.97 Å². The number of aliphatic carboxylic acids is 1. The van der Waals surface area contributed by atoms with Crippen LogP contribution in [0.4, 0.5) is 0 Å². The van der Waals surface area contributed by atoms with Crippen molar-refractivity contribution in [2.75, 3.05) is 32.8 Å². The largest absolute Gasteiger partial charge is 0.480 e. The van der Waals surface area contributed by atoms with Crippen LogP contribution in [-0.4, -0.2) is 54.9 Å². The van der Waals surface area contributed by atoms with Gasteiger partial charge in [-0.3, -0.25) is 0 Å². The van der Waals surface area contributed by atoms with Crippen molar-refractivity contribution in [1.29, 1.82) is 0 Å². The number of halogens is 1. The van der Waals surface area contributed by atoms with E-state index >= 15 is 0 Å². The summed E-state index contributed by atoms with van der Waals surface area (Å²) < 4.78 is 11.7. The first-order valence-corrected chi connectivity index (χ1v) is 9.97. The van der Waals surface area contributed by atoms with Crippen molar-refractivity contribution in [3.05, 3.63) is 70.7 Å². The number of benzene rings is 2. The maximum atomic E-state index is 10.5. The third-order valence-electron chi connectivity index (χ3n) is 4.92. The third kappa shape index (κ3) is 6.31. The van der Waals surface area contributed by atoms with Gasteiger partial charge in [0.2, 0.25) is 0 Å². The molecule has 2 aromatic carbocycles. The smallest absolute Gasteiger partial charge is 0.329 e. The Bertz CT molecular complexity index is 730. The van der Waals surface area contributed by atoms with Crippen LogP contribution in [0.1, 0.15) is 30.1 Å². The normalized spacial score (nSPS) is 16.8. The fourth-order valence-electron chi connectivity index (χ4n) is 3.43. The van der Waals surface area contributed by atoms with Gasteiger partial charge in [-0.15, -0.1) is 0 Å². The summed E-state index contributed by atoms with van der Waals surface area (Å²) in [5.74, 6) is -0.929. The topological polar surface area (TPSA) is 59.0 Å². The number of carboxylic acid groups (broad SMARTS) is 1. The zero-order valence-corrected chi connectivity index (χ0v) is 16.6. The molecule has 3 rings (SSSR count). The second-order valence-electron chi connectivity index (χ2n) is 6.97. The Morgan fingerprint density at radius 3 is 2.36 bits per heavy atom. The van der Waals surface area contributed by atoms with Gasteiger partial charge in [-0.2, -0.15) is 0 Å². The molecule has 0 saturated carbocycles. The Labute approximate surface area is 170 Å². The van der Waals surface area contributed by atoms with Crippen LogP contribution in [0.5, 0.6) is 0 Å². The van der Waals surface area contributed by atoms with Crippen LogP contribution < -0.4 is 0 Å². The summed E-state index contributed by atoms with van der Waals surface area (Å²) in [6.07, 6.45) is 1.94. The van der Waals surface area contributed by atoms with Crippen molar-refractivity contribution < 1.29 is 19.4 Å². The van der Waals surface area contributed by atoms with Crippen LogP contribution in [0.15, 0.2) is 54.6 Å². The van der Waals surface area contributed by atoms with Crippen molar-refractivity contribution in [2.24, 2.45) is 0 Å². The molecular formula is C22H26ClNO4. The molecule has 1 saturated heterocycles. The standard InChI is InChI=1S/C22H26ClNO4/c23-19-8-6-18(7-9-19)22(17-4-2-1-3-5-17)28-20-10-12-24(13-11-20)14-15-27-16-21(25)26/h1-9,20,22H,10-16H2,(H,25,26). The van der Waals surface area contributed by atoms with E-state index in [2.05, 4.69) is 17.0 Å². The average Bonchev–Trinajstić information content (AvgIpc) is 2.72. The molecule has 1 aliphatic heterocycles. The highest BCUT2D eigenvalue weighted by atomic mass is 35.5. The summed E-state index contributed by atoms with van der Waals surface area (Å²) in [7, 11) is 0. The second-order valence-corrected chi connectivity index (χ2v) is 7.40. The summed E-state index contributed by atoms with van der Waals surface area (Å²) in [5.41, 5.74) is 2.23. The SMILES string of the molecule is O=C(O)COCCN1CCC(OC(c2ccccc2)c2ccc(Cl)cc2)CC1. The summed E-state index contributed by atoms with van der Waals surface area (Å²) in [4.78, 5) is 12.8. The van der Waals surface area contributed by atoms with E-state index < -0.39 is 5.97 Å². The molecule has 1 unspecified atom stereocenters. The minimum absolute atomic E-state index is 0.117. The summed E-state index contributed by atoms with van der Waals surface area (Å²) in [5, 5.41) is 9.33. The van der Waals surface area contributed by atoms with Gasteiger partial charge in [0, 0.05) is 24.7 Å². The first-order valence-electron chi connectivity index (χ1n) is 9.59. The predicted molar refractivity (Wildman–Crippen MR) is 109 cm³/mol. The maximum Gasteiger partial charge on any atom is 0.329 e. The quantitative estimate of drug-likeness (QED) is 0.641. The third-order valence-corrected chi connectivity index (χ3v) is 5.17. The molecule has 1 aliphatic rings. The van der Waals surface area contributed by atoms with Crippen LogP contribution in [0, 0.1) is 0 Å². The van der Waals surface area contributed by atoms with Gasteiger partial charge < -0.3 is 19.5 Å². The highest BCUT2D eigenvalue weighted by Crippen LogP contribution is 2.30. The van der Waals surface area contributed by atoms with E-state index in [1.54, 1.807) is 0 Å². The van der Waals surface area contributed by atoms with Crippen LogP contribution in [0.3, 0.4) is 0 Å². The fraction of sp³-hybridized carbons (Fsp3) is 0.409. The molecule has 0 spiro atoms. The molecule has 0 radical (unpaired) electrons. The van der Waals surface area contributed by atoms with Gasteiger partial charge in [-0.1, -0.05) is 54.1 Å². The van der Waals surface area contributed by atoms with Crippen molar-refractivity contribution in [2.45, 2.75) is 25.0 Å². The second kappa shape index (κ2) is 10.6. The highest BCUT2D eigenvalue weighted by molar-refractivity contribution is 6.30. The number of rotatable bonds is 9. The zero-order chi connectivity index (χ0) is 19.8. The maximum absolute atomic E-state index is 10.5. The molecule has 2 aromatic rings. The molecule has 1 fully saturated rings. The monoisotopic (exact) mass is 403 g/mol. The Kier molecular flexibility index (Phi) is 7.86. The lowest BCUT2D eigenvalue weighted by molar-refractivity contribution is -0.142. The highest BCUT2D eigenvalue weighted by Gasteiger charge is 2.24. The molecule has 0 aliphatic carbocycles. The number of carboxylic acids is 1. The van der Waals surface area contributed by atoms with Crippen molar-refractivity contribution in [3.63, 3.8) is 0 Å². The fourth-order valence-corrected chi connectivity index (χ4v) is 3.56. The molecular weight excluding hydrogens is 378 g/mol. The molecule has 28 heavy (non-hydrogen) atoms. The van der Waals surface area contributed by atoms with Crippen LogP contribution in [0.25, 0.3) is 0 Å². The Balaban J connectivity index is 1.55. The first kappa shape index (κ1) is 20.8. The lowest BCUT2D eigenvalue weighted by Crippen LogP contribution is -2.39. The molecule has 1 heterocycles. The van der Waals surface area contributed by atoms with Crippen molar-refractivity contribution >= 4 is 17.6 Å². The Hall–Kier alpha value is -1.92. The Morgan fingerprint density at radius 2 is 1.71 bits per heavy atom. The minimum atomic E-state index is -0.929. The van der Waals surface area contributed by atoms with Gasteiger partial charge in [0.05, 0.1) is 12.7 Å². The molecule has 1 atom stereocenters. The lowest BCUT2D eigenvalue weighted by atomic mass is 10.00. The first-order chi connectivity index (χ1) is 13.6. The molecule has 0 bridgehead atoms. The van der Waals surface area contributed by atoms with E-state index in [0.29, 0.717) is 11.6 Å². The van der Waals surface area contributed by atoms with E-state index in [1.807, 2.05) is 42.5 Å². The molecule has 0 amide bonds. The van der Waals surface area contributed by atoms with E-state index in [9.17, 15) is 4.79 Å². The van der Waals surface area contributed by atoms with E-state index in [1.165, 1.54) is 0 Å². The van der Waals surface area contributed by atoms with Gasteiger partial charge in [0.25, 0.3) is 0 Å². The number of likely N-dealkylation sites (tertiary alicyclic amines) is 1. The minimum Gasteiger partial charge on any atom is -0.480 e. The van der Waals surface area contributed by atoms with E-state index in [-0.39, 0.29) is 18.8 Å². The number of nitrogens with zero attached hydrogens (tertiary/aromatic N) is 1. The van der Waals surface area contributed by atoms with Crippen LogP contribution in [-0.2, 0) is 14.3 Å². The number of hydrogen-bond acceptors (Lipinski definition) is 4. The Morgan fingerprint density at radius 1 is 1.07 bits per heavy atom. The van der Waals surface area contributed by atoms with Crippen LogP contribution >= 0.6 is 11.6 Å². The van der Waals surface area contributed by atoms with Crippen LogP contribution in [0.2, 0.25) is 5.02 Å². The lowest BCUT2D eigenvalue weighted by Gasteiger charge is -2.34. The van der Waals surface area contributed by atoms with Crippen molar-refractivity contribution in [3.8, 4) is 0 Å². The van der Waals surface area contributed by atoms with E-state index in [0.717, 1.165) is 43.6 Å². The molecule has 5 nitrogen and oxygen atoms in total. The summed E-state index contributed by atoms with van der Waals surface area (Å²) >= 11 is 6.05. The van der Waals surface area contributed by atoms with Gasteiger partial charge in [-0.25, -0.2) is 4.79 Å². The number of carbonyl (C=O) groups is 1.